The molecule has 0 aliphatic carbocycles. The van der Waals surface area contributed by atoms with Crippen molar-refractivity contribution in [3.63, 3.8) is 0 Å². The SMILES string of the molecule is Cc1cc(C)n2nc(SCc3ccccc3C(=O)OCC(=O)NC(C)C)nc2n1. The molecule has 152 valence electrons. The summed E-state index contributed by atoms with van der Waals surface area (Å²) in [5.41, 5.74) is 3.04. The summed E-state index contributed by atoms with van der Waals surface area (Å²) in [6.07, 6.45) is 0. The van der Waals surface area contributed by atoms with Crippen LogP contribution in [0.4, 0.5) is 0 Å². The second-order valence-corrected chi connectivity index (χ2v) is 7.83. The Kier molecular flexibility index (Phi) is 6.48. The minimum absolute atomic E-state index is 0.00951. The lowest BCUT2D eigenvalue weighted by atomic mass is 10.1. The van der Waals surface area contributed by atoms with E-state index in [1.807, 2.05) is 45.9 Å². The smallest absolute Gasteiger partial charge is 0.338 e. The van der Waals surface area contributed by atoms with Gasteiger partial charge in [-0.1, -0.05) is 30.0 Å². The predicted molar refractivity (Wildman–Crippen MR) is 110 cm³/mol. The van der Waals surface area contributed by atoms with E-state index >= 15 is 0 Å². The van der Waals surface area contributed by atoms with Crippen molar-refractivity contribution < 1.29 is 14.3 Å². The van der Waals surface area contributed by atoms with E-state index in [1.165, 1.54) is 11.8 Å². The Labute approximate surface area is 173 Å². The highest BCUT2D eigenvalue weighted by Gasteiger charge is 2.16. The van der Waals surface area contributed by atoms with E-state index in [-0.39, 0.29) is 18.6 Å². The highest BCUT2D eigenvalue weighted by Crippen LogP contribution is 2.23. The molecule has 9 heteroatoms. The number of nitrogens with one attached hydrogen (secondary N) is 1. The van der Waals surface area contributed by atoms with Crippen molar-refractivity contribution in [2.45, 2.75) is 44.6 Å². The quantitative estimate of drug-likeness (QED) is 0.470. The second-order valence-electron chi connectivity index (χ2n) is 6.89. The zero-order chi connectivity index (χ0) is 21.0. The van der Waals surface area contributed by atoms with Gasteiger partial charge in [-0.05, 0) is 45.4 Å². The molecule has 0 spiro atoms. The van der Waals surface area contributed by atoms with Crippen molar-refractivity contribution in [2.24, 2.45) is 0 Å². The van der Waals surface area contributed by atoms with Crippen LogP contribution in [0.15, 0.2) is 35.5 Å². The molecule has 8 nitrogen and oxygen atoms in total. The van der Waals surface area contributed by atoms with Gasteiger partial charge in [0.2, 0.25) is 5.16 Å². The Morgan fingerprint density at radius 1 is 1.21 bits per heavy atom. The minimum atomic E-state index is -0.531. The fraction of sp³-hybridized carbons (Fsp3) is 0.350. The monoisotopic (exact) mass is 413 g/mol. The largest absolute Gasteiger partial charge is 0.452 e. The fourth-order valence-corrected chi connectivity index (χ4v) is 3.59. The number of benzene rings is 1. The van der Waals surface area contributed by atoms with Crippen molar-refractivity contribution in [2.75, 3.05) is 6.61 Å². The van der Waals surface area contributed by atoms with E-state index in [4.69, 9.17) is 4.74 Å². The first kappa shape index (κ1) is 20.8. The Balaban J connectivity index is 1.68. The van der Waals surface area contributed by atoms with Crippen LogP contribution in [0.1, 0.15) is 41.2 Å². The van der Waals surface area contributed by atoms with Gasteiger partial charge in [-0.15, -0.1) is 5.10 Å². The predicted octanol–water partition coefficient (Wildman–Crippen LogP) is 2.71. The lowest BCUT2D eigenvalue weighted by Gasteiger charge is -2.10. The van der Waals surface area contributed by atoms with E-state index in [0.717, 1.165) is 17.0 Å². The number of ether oxygens (including phenoxy) is 1. The Morgan fingerprint density at radius 3 is 2.72 bits per heavy atom. The van der Waals surface area contributed by atoms with Gasteiger partial charge < -0.3 is 10.1 Å². The average Bonchev–Trinajstić information content (AvgIpc) is 3.07. The van der Waals surface area contributed by atoms with Gasteiger partial charge in [0.05, 0.1) is 5.56 Å². The summed E-state index contributed by atoms with van der Waals surface area (Å²) >= 11 is 1.41. The van der Waals surface area contributed by atoms with Crippen LogP contribution in [0, 0.1) is 13.8 Å². The summed E-state index contributed by atoms with van der Waals surface area (Å²) in [5.74, 6) is 0.176. The van der Waals surface area contributed by atoms with E-state index in [0.29, 0.717) is 22.3 Å². The molecule has 0 unspecified atom stereocenters. The van der Waals surface area contributed by atoms with E-state index in [9.17, 15) is 9.59 Å². The molecular formula is C20H23N5O3S. The van der Waals surface area contributed by atoms with Gasteiger partial charge in [0.25, 0.3) is 11.7 Å². The van der Waals surface area contributed by atoms with Crippen molar-refractivity contribution in [1.29, 1.82) is 0 Å². The van der Waals surface area contributed by atoms with Crippen molar-refractivity contribution >= 4 is 29.4 Å². The van der Waals surface area contributed by atoms with Gasteiger partial charge in [0.15, 0.2) is 6.61 Å². The van der Waals surface area contributed by atoms with Crippen LogP contribution in [0.3, 0.4) is 0 Å². The standard InChI is InChI=1S/C20H23N5O3S/c1-12(2)21-17(26)10-28-18(27)16-8-6-5-7-15(16)11-29-20-23-19-22-13(3)9-14(4)25(19)24-20/h5-9,12H,10-11H2,1-4H3,(H,21,26). The number of hydrogen-bond donors (Lipinski definition) is 1. The zero-order valence-corrected chi connectivity index (χ0v) is 17.6. The first-order chi connectivity index (χ1) is 13.8. The number of aromatic nitrogens is 4. The number of carbonyl (C=O) groups excluding carboxylic acids is 2. The van der Waals surface area contributed by atoms with Crippen LogP contribution in [-0.2, 0) is 15.3 Å². The molecule has 1 amide bonds. The zero-order valence-electron chi connectivity index (χ0n) is 16.8. The molecule has 0 bridgehead atoms. The molecule has 0 atom stereocenters. The number of aryl methyl sites for hydroxylation is 2. The maximum absolute atomic E-state index is 12.4. The molecule has 0 radical (unpaired) electrons. The molecule has 0 saturated carbocycles. The van der Waals surface area contributed by atoms with Gasteiger partial charge >= 0.3 is 5.97 Å². The van der Waals surface area contributed by atoms with E-state index < -0.39 is 5.97 Å². The molecule has 2 aromatic heterocycles. The summed E-state index contributed by atoms with van der Waals surface area (Å²) in [6, 6.07) is 9.08. The Bertz CT molecular complexity index is 1050. The average molecular weight is 414 g/mol. The van der Waals surface area contributed by atoms with Gasteiger partial charge in [-0.25, -0.2) is 14.3 Å². The lowest BCUT2D eigenvalue weighted by molar-refractivity contribution is -0.124. The molecule has 0 fully saturated rings. The summed E-state index contributed by atoms with van der Waals surface area (Å²) in [6.45, 7) is 7.25. The van der Waals surface area contributed by atoms with E-state index in [1.54, 1.807) is 16.6 Å². The third-order valence-corrected chi connectivity index (χ3v) is 4.86. The van der Waals surface area contributed by atoms with Gasteiger partial charge in [-0.2, -0.15) is 4.98 Å². The number of rotatable bonds is 7. The van der Waals surface area contributed by atoms with Crippen LogP contribution >= 0.6 is 11.8 Å². The summed E-state index contributed by atoms with van der Waals surface area (Å²) in [5, 5.41) is 7.73. The molecule has 0 aliphatic heterocycles. The Morgan fingerprint density at radius 2 is 1.97 bits per heavy atom. The van der Waals surface area contributed by atoms with Crippen LogP contribution < -0.4 is 5.32 Å². The number of carbonyl (C=O) groups is 2. The molecule has 3 aromatic rings. The summed E-state index contributed by atoms with van der Waals surface area (Å²) < 4.78 is 6.85. The first-order valence-corrected chi connectivity index (χ1v) is 10.2. The molecular weight excluding hydrogens is 390 g/mol. The van der Waals surface area contributed by atoms with E-state index in [2.05, 4.69) is 20.4 Å². The maximum Gasteiger partial charge on any atom is 0.338 e. The fourth-order valence-electron chi connectivity index (χ4n) is 2.77. The van der Waals surface area contributed by atoms with Crippen LogP contribution in [0.2, 0.25) is 0 Å². The van der Waals surface area contributed by atoms with Crippen molar-refractivity contribution in [1.82, 2.24) is 24.9 Å². The molecule has 3 rings (SSSR count). The number of fused-ring (bicyclic) bond motifs is 1. The summed E-state index contributed by atoms with van der Waals surface area (Å²) in [4.78, 5) is 33.0. The number of hydrogen-bond acceptors (Lipinski definition) is 7. The van der Waals surface area contributed by atoms with Crippen molar-refractivity contribution in [3.05, 3.63) is 52.8 Å². The minimum Gasteiger partial charge on any atom is -0.452 e. The van der Waals surface area contributed by atoms with Gasteiger partial charge in [-0.3, -0.25) is 4.79 Å². The summed E-state index contributed by atoms with van der Waals surface area (Å²) in [7, 11) is 0. The first-order valence-electron chi connectivity index (χ1n) is 9.21. The number of amides is 1. The molecule has 29 heavy (non-hydrogen) atoms. The lowest BCUT2D eigenvalue weighted by Crippen LogP contribution is -2.34. The number of esters is 1. The highest BCUT2D eigenvalue weighted by atomic mass is 32.2. The maximum atomic E-state index is 12.4. The third kappa shape index (κ3) is 5.32. The van der Waals surface area contributed by atoms with Crippen molar-refractivity contribution in [3.8, 4) is 0 Å². The Hall–Kier alpha value is -2.94. The van der Waals surface area contributed by atoms with Crippen LogP contribution in [0.5, 0.6) is 0 Å². The van der Waals surface area contributed by atoms with Gasteiger partial charge in [0.1, 0.15) is 0 Å². The molecule has 2 heterocycles. The van der Waals surface area contributed by atoms with Crippen LogP contribution in [-0.4, -0.2) is 44.1 Å². The topological polar surface area (TPSA) is 98.5 Å². The van der Waals surface area contributed by atoms with Crippen LogP contribution in [0.25, 0.3) is 5.78 Å². The third-order valence-electron chi connectivity index (χ3n) is 3.98. The number of nitrogens with zero attached hydrogens (tertiary/aromatic N) is 4. The molecule has 0 saturated heterocycles. The molecule has 1 N–H and O–H groups in total. The second kappa shape index (κ2) is 9.04. The molecule has 1 aromatic carbocycles. The van der Waals surface area contributed by atoms with Gasteiger partial charge in [0, 0.05) is 23.2 Å². The molecule has 0 aliphatic rings. The normalized spacial score (nSPS) is 11.1. The number of thioether (sulfide) groups is 1. The highest BCUT2D eigenvalue weighted by molar-refractivity contribution is 7.98.